The van der Waals surface area contributed by atoms with E-state index in [4.69, 9.17) is 0 Å². The number of hydrogen-bond acceptors (Lipinski definition) is 2. The summed E-state index contributed by atoms with van der Waals surface area (Å²) in [6.45, 7) is 0. The molecule has 62 valence electrons. The first-order valence-corrected chi connectivity index (χ1v) is 3.40. The summed E-state index contributed by atoms with van der Waals surface area (Å²) in [6, 6.07) is 9.13. The molecule has 1 heterocycles. The summed E-state index contributed by atoms with van der Waals surface area (Å²) < 4.78 is 0. The minimum Gasteiger partial charge on any atom is -0.506 e. The standard InChI is InChI=1S/C9H7NO.Ar/c11-8-5-1-3-7-4-2-6-10-9(7)8;/h1-6,11H;. The Bertz CT molecular complexity index is 384. The second-order valence-electron chi connectivity index (χ2n) is 2.35. The van der Waals surface area contributed by atoms with Crippen molar-refractivity contribution in [3.05, 3.63) is 36.5 Å². The maximum Gasteiger partial charge on any atom is 0.141 e. The van der Waals surface area contributed by atoms with Crippen molar-refractivity contribution in [2.75, 3.05) is 0 Å². The Morgan fingerprint density at radius 3 is 2.58 bits per heavy atom. The molecule has 0 aliphatic carbocycles. The van der Waals surface area contributed by atoms with Gasteiger partial charge >= 0.3 is 0 Å². The molecule has 1 aromatic heterocycles. The van der Waals surface area contributed by atoms with Crippen molar-refractivity contribution in [1.82, 2.24) is 4.98 Å². The number of fused-ring (bicyclic) bond motifs is 1. The van der Waals surface area contributed by atoms with Crippen LogP contribution in [0, 0.1) is 37.7 Å². The molecule has 0 bridgehead atoms. The first kappa shape index (κ1) is 9.78. The third-order valence-corrected chi connectivity index (χ3v) is 1.61. The Morgan fingerprint density at radius 1 is 1.08 bits per heavy atom. The molecule has 2 aromatic rings. The second kappa shape index (κ2) is 4.08. The first-order chi connectivity index (χ1) is 5.38. The van der Waals surface area contributed by atoms with E-state index in [-0.39, 0.29) is 43.5 Å². The summed E-state index contributed by atoms with van der Waals surface area (Å²) in [6.07, 6.45) is 1.67. The molecule has 2 rings (SSSR count). The van der Waals surface area contributed by atoms with Crippen molar-refractivity contribution >= 4 is 10.9 Å². The average molecular weight is 185 g/mol. The fourth-order valence-electron chi connectivity index (χ4n) is 1.09. The van der Waals surface area contributed by atoms with Crippen molar-refractivity contribution in [2.45, 2.75) is 0 Å². The molecule has 1 N–H and O–H groups in total. The molecule has 3 heteroatoms. The van der Waals surface area contributed by atoms with E-state index in [2.05, 4.69) is 4.98 Å². The number of para-hydroxylation sites is 1. The fraction of sp³-hybridized carbons (Fsp3) is 0. The van der Waals surface area contributed by atoms with Gasteiger partial charge in [0.05, 0.1) is 0 Å². The van der Waals surface area contributed by atoms with Crippen LogP contribution in [0.4, 0.5) is 0 Å². The first-order valence-electron chi connectivity index (χ1n) is 3.40. The Balaban J connectivity index is 0.000000720. The van der Waals surface area contributed by atoms with Crippen molar-refractivity contribution in [3.8, 4) is 5.75 Å². The predicted molar refractivity (Wildman–Crippen MR) is 43.4 cm³/mol. The normalized spacial score (nSPS) is 9.33. The number of nitrogens with zero attached hydrogens (tertiary/aromatic N) is 1. The van der Waals surface area contributed by atoms with Crippen molar-refractivity contribution in [3.63, 3.8) is 0 Å². The van der Waals surface area contributed by atoms with Crippen LogP contribution in [0.25, 0.3) is 10.9 Å². The Labute approximate surface area is 100 Å². The number of pyridine rings is 1. The summed E-state index contributed by atoms with van der Waals surface area (Å²) in [7, 11) is 0. The van der Waals surface area contributed by atoms with Gasteiger partial charge in [-0.05, 0) is 12.1 Å². The van der Waals surface area contributed by atoms with Crippen LogP contribution in [0.2, 0.25) is 0 Å². The van der Waals surface area contributed by atoms with E-state index in [0.29, 0.717) is 5.52 Å². The predicted octanol–water partition coefficient (Wildman–Crippen LogP) is 1.94. The number of phenolic OH excluding ortho intramolecular Hbond substituents is 1. The van der Waals surface area contributed by atoms with Crippen LogP contribution in [0.5, 0.6) is 5.75 Å². The van der Waals surface area contributed by atoms with Crippen molar-refractivity contribution in [1.29, 1.82) is 0 Å². The van der Waals surface area contributed by atoms with Crippen molar-refractivity contribution < 1.29 is 42.8 Å². The van der Waals surface area contributed by atoms with Crippen LogP contribution in [-0.2, 0) is 0 Å². The molecule has 0 amide bonds. The zero-order chi connectivity index (χ0) is 7.68. The topological polar surface area (TPSA) is 33.1 Å². The van der Waals surface area contributed by atoms with Crippen molar-refractivity contribution in [2.24, 2.45) is 0 Å². The number of aromatic hydroxyl groups is 1. The second-order valence-corrected chi connectivity index (χ2v) is 2.35. The van der Waals surface area contributed by atoms with E-state index >= 15 is 0 Å². The molecule has 0 aliphatic rings. The van der Waals surface area contributed by atoms with E-state index in [1.807, 2.05) is 18.2 Å². The van der Waals surface area contributed by atoms with Crippen LogP contribution >= 0.6 is 0 Å². The van der Waals surface area contributed by atoms with Gasteiger partial charge in [-0.25, -0.2) is 0 Å². The molecule has 12 heavy (non-hydrogen) atoms. The van der Waals surface area contributed by atoms with E-state index < -0.39 is 0 Å². The molecule has 0 unspecified atom stereocenters. The van der Waals surface area contributed by atoms with Gasteiger partial charge in [0.2, 0.25) is 0 Å². The Morgan fingerprint density at radius 2 is 1.83 bits per heavy atom. The summed E-state index contributed by atoms with van der Waals surface area (Å²) in [5.41, 5.74) is 0.662. The van der Waals surface area contributed by atoms with Crippen LogP contribution in [0.15, 0.2) is 36.5 Å². The Hall–Kier alpha value is -0.310. The van der Waals surface area contributed by atoms with E-state index in [1.165, 1.54) is 0 Å². The van der Waals surface area contributed by atoms with Gasteiger partial charge < -0.3 is 5.11 Å². The van der Waals surface area contributed by atoms with Gasteiger partial charge in [-0.2, -0.15) is 0 Å². The van der Waals surface area contributed by atoms with E-state index in [9.17, 15) is 5.11 Å². The summed E-state index contributed by atoms with van der Waals surface area (Å²) in [5.74, 6) is 0.239. The quantitative estimate of drug-likeness (QED) is 0.680. The number of phenols is 1. The van der Waals surface area contributed by atoms with Crippen LogP contribution in [0.3, 0.4) is 0 Å². The molecule has 0 atom stereocenters. The molecule has 1 aromatic carbocycles. The third-order valence-electron chi connectivity index (χ3n) is 1.61. The summed E-state index contributed by atoms with van der Waals surface area (Å²) in [4.78, 5) is 4.03. The molecular weight excluding hydrogens is 178 g/mol. The number of rotatable bonds is 0. The molecular formula is C9H7ArNO. The van der Waals surface area contributed by atoms with Crippen LogP contribution in [-0.4, -0.2) is 10.1 Å². The average Bonchev–Trinajstić information content (AvgIpc) is 2.06. The SMILES string of the molecule is Oc1cccc2cccnc12.[Ar]. The van der Waals surface area contributed by atoms with Gasteiger partial charge in [-0.15, -0.1) is 0 Å². The summed E-state index contributed by atoms with van der Waals surface area (Å²) >= 11 is 0. The number of hydrogen-bond donors (Lipinski definition) is 1. The van der Waals surface area contributed by atoms with Crippen LogP contribution in [0.1, 0.15) is 0 Å². The van der Waals surface area contributed by atoms with Gasteiger partial charge in [0, 0.05) is 49.3 Å². The number of aromatic nitrogens is 1. The monoisotopic (exact) mass is 185 g/mol. The van der Waals surface area contributed by atoms with E-state index in [0.717, 1.165) is 5.39 Å². The summed E-state index contributed by atoms with van der Waals surface area (Å²) in [5, 5.41) is 10.3. The van der Waals surface area contributed by atoms with Crippen LogP contribution < -0.4 is 0 Å². The maximum atomic E-state index is 9.31. The third kappa shape index (κ3) is 1.71. The Kier molecular flexibility index (Phi) is 3.32. The zero-order valence-electron chi connectivity index (χ0n) is 6.21. The number of benzene rings is 1. The molecule has 0 spiro atoms. The zero-order valence-corrected chi connectivity index (χ0v) is 6.92. The molecule has 0 aliphatic heterocycles. The smallest absolute Gasteiger partial charge is 0.141 e. The molecule has 0 radical (unpaired) electrons. The van der Waals surface area contributed by atoms with Gasteiger partial charge in [0.1, 0.15) is 11.3 Å². The molecule has 0 saturated heterocycles. The van der Waals surface area contributed by atoms with E-state index in [1.54, 1.807) is 18.3 Å². The largest absolute Gasteiger partial charge is 0.506 e. The minimum atomic E-state index is 0. The minimum absolute atomic E-state index is 0. The maximum absolute atomic E-state index is 9.31. The van der Waals surface area contributed by atoms with Gasteiger partial charge in [0.15, 0.2) is 0 Å². The molecule has 2 nitrogen and oxygen atoms in total. The molecule has 0 saturated carbocycles. The van der Waals surface area contributed by atoms with Gasteiger partial charge in [-0.3, -0.25) is 4.98 Å². The molecule has 0 fully saturated rings. The fourth-order valence-corrected chi connectivity index (χ4v) is 1.09. The van der Waals surface area contributed by atoms with Gasteiger partial charge in [0.25, 0.3) is 0 Å². The van der Waals surface area contributed by atoms with Gasteiger partial charge in [-0.1, -0.05) is 18.2 Å².